The lowest BCUT2D eigenvalue weighted by atomic mass is 10.7. The van der Waals surface area contributed by atoms with Crippen molar-refractivity contribution in [3.63, 3.8) is 0 Å². The van der Waals surface area contributed by atoms with Gasteiger partial charge in [-0.2, -0.15) is 0 Å². The molecule has 0 aliphatic heterocycles. The molecule has 64 valence electrons. The summed E-state index contributed by atoms with van der Waals surface area (Å²) in [6, 6.07) is 1.88. The Morgan fingerprint density at radius 2 is 2.08 bits per heavy atom. The van der Waals surface area contributed by atoms with Gasteiger partial charge in [0.15, 0.2) is 0 Å². The van der Waals surface area contributed by atoms with Gasteiger partial charge in [-0.1, -0.05) is 23.1 Å². The second-order valence-corrected chi connectivity index (χ2v) is 2.56. The monoisotopic (exact) mass is 181 g/mol. The van der Waals surface area contributed by atoms with Crippen molar-refractivity contribution in [3.05, 3.63) is 24.7 Å². The van der Waals surface area contributed by atoms with E-state index in [1.54, 1.807) is 12.4 Å². The van der Waals surface area contributed by atoms with E-state index in [2.05, 4.69) is 19.2 Å². The maximum atomic E-state index is 4.05. The quantitative estimate of drug-likeness (QED) is 0.573. The van der Waals surface area contributed by atoms with Crippen molar-refractivity contribution < 1.29 is 0 Å². The van der Waals surface area contributed by atoms with Crippen molar-refractivity contribution >= 4 is 20.5 Å². The van der Waals surface area contributed by atoms with Gasteiger partial charge >= 0.3 is 0 Å². The first-order valence-electron chi connectivity index (χ1n) is 3.91. The van der Waals surface area contributed by atoms with Crippen molar-refractivity contribution in [3.8, 4) is 0 Å². The van der Waals surface area contributed by atoms with Crippen LogP contribution in [0.15, 0.2) is 24.7 Å². The number of nitrogens with zero attached hydrogens (tertiary/aromatic N) is 3. The van der Waals surface area contributed by atoms with Crippen LogP contribution in [0.1, 0.15) is 13.8 Å². The molecule has 0 N–H and O–H groups in total. The maximum absolute atomic E-state index is 4.05. The molecule has 12 heavy (non-hydrogen) atoms. The standard InChI is InChI=1S/C6H6N3P.C2H6/c10-5-4-8-6-7-2-1-3-9(5)6;1-2/h1-4H,10H2;1-2H3. The fourth-order valence-electron chi connectivity index (χ4n) is 0.846. The van der Waals surface area contributed by atoms with E-state index in [4.69, 9.17) is 0 Å². The van der Waals surface area contributed by atoms with Gasteiger partial charge in [-0.25, -0.2) is 9.97 Å². The van der Waals surface area contributed by atoms with Crippen molar-refractivity contribution in [1.29, 1.82) is 0 Å². The molecule has 0 aliphatic rings. The smallest absolute Gasteiger partial charge is 0.234 e. The number of aromatic nitrogens is 3. The summed E-state index contributed by atoms with van der Waals surface area (Å²) in [6.07, 6.45) is 5.43. The van der Waals surface area contributed by atoms with E-state index >= 15 is 0 Å². The molecule has 2 rings (SSSR count). The second-order valence-electron chi connectivity index (χ2n) is 1.97. The minimum absolute atomic E-state index is 0.743. The van der Waals surface area contributed by atoms with Crippen LogP contribution in [-0.2, 0) is 0 Å². The van der Waals surface area contributed by atoms with Gasteiger partial charge in [0.2, 0.25) is 5.78 Å². The molecular formula is C8H12N3P. The highest BCUT2D eigenvalue weighted by atomic mass is 31.0. The Morgan fingerprint density at radius 3 is 2.75 bits per heavy atom. The average molecular weight is 181 g/mol. The van der Waals surface area contributed by atoms with Crippen molar-refractivity contribution in [2.24, 2.45) is 0 Å². The minimum Gasteiger partial charge on any atom is -0.285 e. The zero-order valence-electron chi connectivity index (χ0n) is 7.23. The van der Waals surface area contributed by atoms with Gasteiger partial charge in [0, 0.05) is 12.4 Å². The number of imidazole rings is 1. The van der Waals surface area contributed by atoms with Crippen molar-refractivity contribution in [1.82, 2.24) is 14.4 Å². The largest absolute Gasteiger partial charge is 0.285 e. The van der Waals surface area contributed by atoms with E-state index in [0.29, 0.717) is 0 Å². The number of fused-ring (bicyclic) bond motifs is 1. The summed E-state index contributed by atoms with van der Waals surface area (Å²) >= 11 is 0. The first kappa shape index (κ1) is 9.14. The van der Waals surface area contributed by atoms with E-state index in [1.807, 2.05) is 30.5 Å². The summed E-state index contributed by atoms with van der Waals surface area (Å²) in [5.74, 6) is 0.743. The SMILES string of the molecule is CC.Pc1cnc2ncccn12. The molecule has 0 amide bonds. The molecule has 0 aromatic carbocycles. The van der Waals surface area contributed by atoms with E-state index in [9.17, 15) is 0 Å². The third-order valence-electron chi connectivity index (χ3n) is 1.32. The van der Waals surface area contributed by atoms with E-state index < -0.39 is 0 Å². The third-order valence-corrected chi connectivity index (χ3v) is 1.74. The van der Waals surface area contributed by atoms with Crippen LogP contribution in [0.4, 0.5) is 0 Å². The van der Waals surface area contributed by atoms with Gasteiger partial charge in [-0.3, -0.25) is 4.40 Å². The lowest BCUT2D eigenvalue weighted by Crippen LogP contribution is -1.98. The Bertz CT molecular complexity index is 356. The molecule has 0 fully saturated rings. The molecule has 0 radical (unpaired) electrons. The molecule has 1 unspecified atom stereocenters. The Morgan fingerprint density at radius 1 is 1.33 bits per heavy atom. The topological polar surface area (TPSA) is 30.2 Å². The Hall–Kier alpha value is -0.950. The number of hydrogen-bond donors (Lipinski definition) is 0. The number of hydrogen-bond acceptors (Lipinski definition) is 2. The highest BCUT2D eigenvalue weighted by Gasteiger charge is 1.94. The number of rotatable bonds is 0. The van der Waals surface area contributed by atoms with Crippen LogP contribution in [0.3, 0.4) is 0 Å². The summed E-state index contributed by atoms with van der Waals surface area (Å²) in [5.41, 5.74) is 1.03. The summed E-state index contributed by atoms with van der Waals surface area (Å²) in [5, 5.41) is 0. The predicted octanol–water partition coefficient (Wildman–Crippen LogP) is 1.26. The highest BCUT2D eigenvalue weighted by molar-refractivity contribution is 7.27. The fraction of sp³-hybridized carbons (Fsp3) is 0.250. The molecule has 2 heterocycles. The molecule has 1 atom stereocenters. The third kappa shape index (κ3) is 1.62. The fourth-order valence-corrected chi connectivity index (χ4v) is 1.12. The molecule has 2 aromatic heterocycles. The van der Waals surface area contributed by atoms with Crippen LogP contribution in [0.2, 0.25) is 0 Å². The van der Waals surface area contributed by atoms with Gasteiger partial charge in [-0.15, -0.1) is 0 Å². The zero-order chi connectivity index (χ0) is 8.97. The van der Waals surface area contributed by atoms with Crippen LogP contribution < -0.4 is 5.44 Å². The van der Waals surface area contributed by atoms with Gasteiger partial charge in [0.25, 0.3) is 0 Å². The first-order chi connectivity index (χ1) is 5.88. The lowest BCUT2D eigenvalue weighted by molar-refractivity contribution is 1.13. The van der Waals surface area contributed by atoms with Crippen molar-refractivity contribution in [2.45, 2.75) is 13.8 Å². The Kier molecular flexibility index (Phi) is 3.18. The maximum Gasteiger partial charge on any atom is 0.234 e. The summed E-state index contributed by atoms with van der Waals surface area (Å²) < 4.78 is 1.91. The first-order valence-corrected chi connectivity index (χ1v) is 4.49. The summed E-state index contributed by atoms with van der Waals surface area (Å²) in [4.78, 5) is 8.09. The van der Waals surface area contributed by atoms with E-state index in [1.165, 1.54) is 0 Å². The van der Waals surface area contributed by atoms with Gasteiger partial charge in [0.05, 0.1) is 11.6 Å². The van der Waals surface area contributed by atoms with Crippen LogP contribution in [0.5, 0.6) is 0 Å². The molecule has 0 saturated heterocycles. The Labute approximate surface area is 74.1 Å². The minimum atomic E-state index is 0.743. The lowest BCUT2D eigenvalue weighted by Gasteiger charge is -1.90. The Balaban J connectivity index is 0.000000336. The molecule has 0 saturated carbocycles. The van der Waals surface area contributed by atoms with Crippen LogP contribution in [0.25, 0.3) is 5.78 Å². The van der Waals surface area contributed by atoms with Crippen LogP contribution >= 0.6 is 9.24 Å². The van der Waals surface area contributed by atoms with Crippen LogP contribution in [-0.4, -0.2) is 14.4 Å². The van der Waals surface area contributed by atoms with Gasteiger partial charge in [-0.05, 0) is 6.07 Å². The molecule has 0 bridgehead atoms. The average Bonchev–Trinajstić information content (AvgIpc) is 2.53. The van der Waals surface area contributed by atoms with E-state index in [0.717, 1.165) is 11.2 Å². The summed E-state index contributed by atoms with van der Waals surface area (Å²) in [6.45, 7) is 4.00. The second kappa shape index (κ2) is 4.17. The van der Waals surface area contributed by atoms with E-state index in [-0.39, 0.29) is 0 Å². The zero-order valence-corrected chi connectivity index (χ0v) is 8.38. The predicted molar refractivity (Wildman–Crippen MR) is 53.7 cm³/mol. The van der Waals surface area contributed by atoms with Crippen molar-refractivity contribution in [2.75, 3.05) is 0 Å². The molecule has 0 aliphatic carbocycles. The highest BCUT2D eigenvalue weighted by Crippen LogP contribution is 1.94. The van der Waals surface area contributed by atoms with Gasteiger partial charge < -0.3 is 0 Å². The molecule has 2 aromatic rings. The normalized spacial score (nSPS) is 9.25. The van der Waals surface area contributed by atoms with Gasteiger partial charge in [0.1, 0.15) is 0 Å². The molecule has 3 nitrogen and oxygen atoms in total. The molecule has 4 heteroatoms. The summed E-state index contributed by atoms with van der Waals surface area (Å²) in [7, 11) is 2.59. The van der Waals surface area contributed by atoms with Crippen LogP contribution in [0, 0.1) is 0 Å². The molecular weight excluding hydrogens is 169 g/mol. The molecule has 0 spiro atoms.